The Labute approximate surface area is 46.2 Å². The zero-order chi connectivity index (χ0) is 6.12. The van der Waals surface area contributed by atoms with Gasteiger partial charge in [0.25, 0.3) is 0 Å². The minimum Gasteiger partial charge on any atom is -0.317 e. The van der Waals surface area contributed by atoms with Gasteiger partial charge in [0.1, 0.15) is 0 Å². The fourth-order valence-electron chi connectivity index (χ4n) is 0.112. The zero-order valence-electron chi connectivity index (χ0n) is 5.36. The Morgan fingerprint density at radius 2 is 1.86 bits per heavy atom. The fourth-order valence-corrected chi connectivity index (χ4v) is 0.112. The predicted molar refractivity (Wildman–Crippen MR) is 33.1 cm³/mol. The molecule has 0 aliphatic heterocycles. The Morgan fingerprint density at radius 1 is 1.43 bits per heavy atom. The Kier molecular flexibility index (Phi) is 24.7. The second-order valence-electron chi connectivity index (χ2n) is 0.882. The van der Waals surface area contributed by atoms with Crippen LogP contribution in [0.4, 0.5) is 0 Å². The van der Waals surface area contributed by atoms with Crippen molar-refractivity contribution >= 4 is 0 Å². The van der Waals surface area contributed by atoms with Crippen molar-refractivity contribution in [3.05, 3.63) is 11.4 Å². The van der Waals surface area contributed by atoms with Crippen LogP contribution in [0.25, 0.3) is 4.85 Å². The van der Waals surface area contributed by atoms with Gasteiger partial charge in [0.05, 0.1) is 0 Å². The van der Waals surface area contributed by atoms with Crippen molar-refractivity contribution in [1.29, 1.82) is 0 Å². The van der Waals surface area contributed by atoms with Crippen LogP contribution in [-0.2, 0) is 0 Å². The van der Waals surface area contributed by atoms with Gasteiger partial charge >= 0.3 is 0 Å². The third-order valence-electron chi connectivity index (χ3n) is 0.335. The number of hydrogen-bond donors (Lipinski definition) is 0. The molecule has 0 radical (unpaired) electrons. The molecule has 0 rings (SSSR count). The monoisotopic (exact) mass is 99.1 g/mol. The van der Waals surface area contributed by atoms with Crippen LogP contribution in [0.2, 0.25) is 0 Å². The molecule has 0 aliphatic carbocycles. The van der Waals surface area contributed by atoms with Crippen molar-refractivity contribution in [1.82, 2.24) is 0 Å². The van der Waals surface area contributed by atoms with Gasteiger partial charge in [0, 0.05) is 6.42 Å². The molecule has 0 unspecified atom stereocenters. The average Bonchev–Trinajstić information content (AvgIpc) is 1.75. The largest absolute Gasteiger partial charge is 0.317 e. The van der Waals surface area contributed by atoms with Crippen molar-refractivity contribution in [2.45, 2.75) is 27.2 Å². The predicted octanol–water partition coefficient (Wildman–Crippen LogP) is 2.34. The summed E-state index contributed by atoms with van der Waals surface area (Å²) >= 11 is 0. The summed E-state index contributed by atoms with van der Waals surface area (Å²) in [4.78, 5) is 3.10. The van der Waals surface area contributed by atoms with Gasteiger partial charge in [-0.15, -0.1) is 0 Å². The van der Waals surface area contributed by atoms with Crippen LogP contribution in [0, 0.1) is 6.57 Å². The van der Waals surface area contributed by atoms with Gasteiger partial charge in [-0.05, 0) is 0 Å². The molecule has 0 spiro atoms. The number of rotatable bonds is 1. The maximum Gasteiger partial charge on any atom is 0.214 e. The standard InChI is InChI=1S/C4H7N.C2H6/c1-3-4-5-2;1-2/h3-4H2,1H3;1-2H3. The van der Waals surface area contributed by atoms with E-state index in [0.29, 0.717) is 6.54 Å². The maximum atomic E-state index is 6.23. The summed E-state index contributed by atoms with van der Waals surface area (Å²) < 4.78 is 0. The molecule has 0 aromatic heterocycles. The molecule has 0 heterocycles. The van der Waals surface area contributed by atoms with E-state index in [-0.39, 0.29) is 0 Å². The molecule has 0 aromatic carbocycles. The zero-order valence-corrected chi connectivity index (χ0v) is 5.36. The second-order valence-corrected chi connectivity index (χ2v) is 0.882. The van der Waals surface area contributed by atoms with E-state index in [1.807, 2.05) is 20.8 Å². The van der Waals surface area contributed by atoms with Crippen LogP contribution in [0.1, 0.15) is 27.2 Å². The van der Waals surface area contributed by atoms with E-state index in [4.69, 9.17) is 6.57 Å². The summed E-state index contributed by atoms with van der Waals surface area (Å²) in [6.45, 7) is 12.9. The lowest BCUT2D eigenvalue weighted by Gasteiger charge is -1.65. The topological polar surface area (TPSA) is 4.36 Å². The molecule has 0 bridgehead atoms. The Hall–Kier alpha value is -0.510. The highest BCUT2D eigenvalue weighted by molar-refractivity contribution is 4.52. The van der Waals surface area contributed by atoms with Gasteiger partial charge in [-0.3, -0.25) is 0 Å². The minimum absolute atomic E-state index is 0.681. The van der Waals surface area contributed by atoms with E-state index in [1.165, 1.54) is 0 Å². The summed E-state index contributed by atoms with van der Waals surface area (Å²) in [6, 6.07) is 0. The lowest BCUT2D eigenvalue weighted by molar-refractivity contribution is 1.03. The van der Waals surface area contributed by atoms with Crippen LogP contribution >= 0.6 is 0 Å². The summed E-state index contributed by atoms with van der Waals surface area (Å²) in [5.41, 5.74) is 0. The molecule has 1 nitrogen and oxygen atoms in total. The molecular formula is C6H13N. The molecule has 0 aliphatic rings. The van der Waals surface area contributed by atoms with E-state index in [2.05, 4.69) is 4.85 Å². The Bertz CT molecular complexity index is 42.6. The molecule has 7 heavy (non-hydrogen) atoms. The van der Waals surface area contributed by atoms with E-state index in [0.717, 1.165) is 6.42 Å². The SMILES string of the molecule is CC.[C-]#[N+]CCC. The van der Waals surface area contributed by atoms with Crippen molar-refractivity contribution in [3.63, 3.8) is 0 Å². The van der Waals surface area contributed by atoms with E-state index >= 15 is 0 Å². The first kappa shape index (κ1) is 9.70. The number of hydrogen-bond acceptors (Lipinski definition) is 0. The summed E-state index contributed by atoms with van der Waals surface area (Å²) in [6.07, 6.45) is 0.990. The van der Waals surface area contributed by atoms with Crippen LogP contribution in [-0.4, -0.2) is 6.54 Å². The lowest BCUT2D eigenvalue weighted by Crippen LogP contribution is -1.62. The quantitative estimate of drug-likeness (QED) is 0.444. The molecule has 0 aromatic rings. The molecule has 0 saturated carbocycles. The van der Waals surface area contributed by atoms with E-state index in [9.17, 15) is 0 Å². The molecule has 1 heteroatoms. The average molecular weight is 99.2 g/mol. The molecule has 42 valence electrons. The van der Waals surface area contributed by atoms with Crippen molar-refractivity contribution in [3.8, 4) is 0 Å². The van der Waals surface area contributed by atoms with Gasteiger partial charge < -0.3 is 4.85 Å². The molecule has 0 N–H and O–H groups in total. The highest BCUT2D eigenvalue weighted by Crippen LogP contribution is 1.71. The third-order valence-corrected chi connectivity index (χ3v) is 0.335. The molecule has 0 saturated heterocycles. The van der Waals surface area contributed by atoms with Gasteiger partial charge in [0.2, 0.25) is 6.54 Å². The smallest absolute Gasteiger partial charge is 0.214 e. The minimum atomic E-state index is 0.681. The number of nitrogens with zero attached hydrogens (tertiary/aromatic N) is 1. The fraction of sp³-hybridized carbons (Fsp3) is 0.833. The van der Waals surface area contributed by atoms with Gasteiger partial charge in [-0.25, -0.2) is 6.57 Å². The van der Waals surface area contributed by atoms with Crippen molar-refractivity contribution in [2.75, 3.05) is 6.54 Å². The third kappa shape index (κ3) is 30.1. The summed E-state index contributed by atoms with van der Waals surface area (Å²) in [7, 11) is 0. The highest BCUT2D eigenvalue weighted by Gasteiger charge is 1.68. The Balaban J connectivity index is 0. The van der Waals surface area contributed by atoms with Gasteiger partial charge in [-0.1, -0.05) is 20.8 Å². The van der Waals surface area contributed by atoms with Gasteiger partial charge in [0.15, 0.2) is 0 Å². The van der Waals surface area contributed by atoms with Gasteiger partial charge in [-0.2, -0.15) is 0 Å². The first-order valence-electron chi connectivity index (χ1n) is 2.75. The summed E-state index contributed by atoms with van der Waals surface area (Å²) in [5, 5.41) is 0. The summed E-state index contributed by atoms with van der Waals surface area (Å²) in [5.74, 6) is 0. The Morgan fingerprint density at radius 3 is 1.86 bits per heavy atom. The lowest BCUT2D eigenvalue weighted by atomic mass is 10.5. The van der Waals surface area contributed by atoms with Crippen LogP contribution < -0.4 is 0 Å². The highest BCUT2D eigenvalue weighted by atomic mass is 14.6. The molecule has 0 amide bonds. The van der Waals surface area contributed by atoms with E-state index < -0.39 is 0 Å². The second kappa shape index (κ2) is 17.9. The van der Waals surface area contributed by atoms with E-state index in [1.54, 1.807) is 0 Å². The van der Waals surface area contributed by atoms with Crippen molar-refractivity contribution in [2.24, 2.45) is 0 Å². The molecule has 0 fully saturated rings. The van der Waals surface area contributed by atoms with Crippen LogP contribution in [0.5, 0.6) is 0 Å². The maximum absolute atomic E-state index is 6.23. The van der Waals surface area contributed by atoms with Crippen molar-refractivity contribution < 1.29 is 0 Å². The molecule has 0 atom stereocenters. The normalized spacial score (nSPS) is 5.43. The van der Waals surface area contributed by atoms with Crippen LogP contribution in [0.3, 0.4) is 0 Å². The molecular weight excluding hydrogens is 86.1 g/mol. The van der Waals surface area contributed by atoms with Crippen LogP contribution in [0.15, 0.2) is 0 Å². The first-order chi connectivity index (χ1) is 3.41. The first-order valence-corrected chi connectivity index (χ1v) is 2.75.